The van der Waals surface area contributed by atoms with E-state index in [9.17, 15) is 9.59 Å². The molecule has 0 atom stereocenters. The molecular formula is C16H34N4O4. The minimum absolute atomic E-state index is 0.113. The quantitative estimate of drug-likeness (QED) is 0.281. The maximum absolute atomic E-state index is 10.5. The van der Waals surface area contributed by atoms with E-state index in [1.165, 1.54) is 0 Å². The first-order chi connectivity index (χ1) is 11.0. The average Bonchev–Trinajstić information content (AvgIpc) is 2.46. The van der Waals surface area contributed by atoms with Crippen LogP contribution in [0.1, 0.15) is 40.5 Å². The molecule has 0 radical (unpaired) electrons. The Labute approximate surface area is 144 Å². The maximum atomic E-state index is 10.5. The summed E-state index contributed by atoms with van der Waals surface area (Å²) in [6.07, 6.45) is 0.0817. The van der Waals surface area contributed by atoms with Gasteiger partial charge in [0.25, 0.3) is 0 Å². The highest BCUT2D eigenvalue weighted by molar-refractivity contribution is 5.64. The standard InChI is InChI=1S/C16H34N4O4/c1-15(2,11-19-13(21)22)9-17-7-5-6-8-18-10-16(3,4)12-20-14(23)24/h17-20H,5-12H2,1-4H3,(H,21,22)(H,23,24). The van der Waals surface area contributed by atoms with Crippen LogP contribution in [0.3, 0.4) is 0 Å². The Hall–Kier alpha value is -1.54. The molecule has 0 saturated carbocycles. The maximum Gasteiger partial charge on any atom is 0.404 e. The fourth-order valence-corrected chi connectivity index (χ4v) is 2.11. The average molecular weight is 346 g/mol. The highest BCUT2D eigenvalue weighted by Gasteiger charge is 2.19. The summed E-state index contributed by atoms with van der Waals surface area (Å²) in [5.74, 6) is 0. The molecule has 0 aromatic carbocycles. The zero-order chi connectivity index (χ0) is 18.6. The molecule has 0 aliphatic carbocycles. The number of hydrogen-bond donors (Lipinski definition) is 6. The molecule has 0 bridgehead atoms. The van der Waals surface area contributed by atoms with Crippen molar-refractivity contribution in [2.75, 3.05) is 39.3 Å². The van der Waals surface area contributed by atoms with Gasteiger partial charge in [-0.25, -0.2) is 9.59 Å². The number of carbonyl (C=O) groups is 2. The largest absolute Gasteiger partial charge is 0.465 e. The lowest BCUT2D eigenvalue weighted by molar-refractivity contribution is 0.186. The van der Waals surface area contributed by atoms with E-state index in [0.717, 1.165) is 39.0 Å². The van der Waals surface area contributed by atoms with E-state index in [2.05, 4.69) is 21.3 Å². The SMILES string of the molecule is CC(C)(CNCCCCNCC(C)(C)CNC(=O)O)CNC(=O)O. The number of hydrogen-bond acceptors (Lipinski definition) is 4. The van der Waals surface area contributed by atoms with Gasteiger partial charge < -0.3 is 31.5 Å². The highest BCUT2D eigenvalue weighted by atomic mass is 16.4. The molecule has 8 heteroatoms. The van der Waals surface area contributed by atoms with Crippen molar-refractivity contribution in [3.05, 3.63) is 0 Å². The Bertz CT molecular complexity index is 350. The van der Waals surface area contributed by atoms with Crippen molar-refractivity contribution in [3.63, 3.8) is 0 Å². The molecule has 0 aromatic rings. The number of carboxylic acid groups (broad SMARTS) is 2. The van der Waals surface area contributed by atoms with E-state index in [1.54, 1.807) is 0 Å². The number of nitrogens with one attached hydrogen (secondary N) is 4. The Balaban J connectivity index is 3.60. The summed E-state index contributed by atoms with van der Waals surface area (Å²) in [7, 11) is 0. The zero-order valence-corrected chi connectivity index (χ0v) is 15.4. The third-order valence-electron chi connectivity index (χ3n) is 3.60. The first-order valence-corrected chi connectivity index (χ1v) is 8.39. The summed E-state index contributed by atoms with van der Waals surface area (Å²) in [4.78, 5) is 21.0. The first-order valence-electron chi connectivity index (χ1n) is 8.39. The van der Waals surface area contributed by atoms with Crippen LogP contribution in [0.15, 0.2) is 0 Å². The predicted octanol–water partition coefficient (Wildman–Crippen LogP) is 1.53. The lowest BCUT2D eigenvalue weighted by Crippen LogP contribution is -2.40. The Morgan fingerprint density at radius 3 is 1.33 bits per heavy atom. The van der Waals surface area contributed by atoms with Crippen molar-refractivity contribution in [1.82, 2.24) is 21.3 Å². The normalized spacial score (nSPS) is 12.0. The molecule has 0 fully saturated rings. The van der Waals surface area contributed by atoms with Gasteiger partial charge in [-0.3, -0.25) is 0 Å². The van der Waals surface area contributed by atoms with Gasteiger partial charge in [0.2, 0.25) is 0 Å². The monoisotopic (exact) mass is 346 g/mol. The van der Waals surface area contributed by atoms with E-state index >= 15 is 0 Å². The van der Waals surface area contributed by atoms with E-state index in [-0.39, 0.29) is 10.8 Å². The molecule has 6 N–H and O–H groups in total. The van der Waals surface area contributed by atoms with Gasteiger partial charge in [-0.2, -0.15) is 0 Å². The van der Waals surface area contributed by atoms with E-state index in [0.29, 0.717) is 13.1 Å². The van der Waals surface area contributed by atoms with Crippen LogP contribution in [-0.2, 0) is 0 Å². The third-order valence-corrected chi connectivity index (χ3v) is 3.60. The summed E-state index contributed by atoms with van der Waals surface area (Å²) in [5.41, 5.74) is -0.227. The van der Waals surface area contributed by atoms with Crippen LogP contribution in [0.2, 0.25) is 0 Å². The number of unbranched alkanes of at least 4 members (excludes halogenated alkanes) is 1. The molecule has 8 nitrogen and oxygen atoms in total. The summed E-state index contributed by atoms with van der Waals surface area (Å²) in [6, 6.07) is 0. The van der Waals surface area contributed by atoms with Crippen molar-refractivity contribution in [1.29, 1.82) is 0 Å². The van der Waals surface area contributed by atoms with Gasteiger partial charge in [0, 0.05) is 26.2 Å². The van der Waals surface area contributed by atoms with Crippen molar-refractivity contribution < 1.29 is 19.8 Å². The smallest absolute Gasteiger partial charge is 0.404 e. The second kappa shape index (κ2) is 11.1. The molecule has 24 heavy (non-hydrogen) atoms. The summed E-state index contributed by atoms with van der Waals surface area (Å²) in [5, 5.41) is 28.8. The number of amides is 2. The summed E-state index contributed by atoms with van der Waals surface area (Å²) in [6.45, 7) is 12.2. The molecule has 0 aromatic heterocycles. The molecule has 0 saturated heterocycles. The van der Waals surface area contributed by atoms with E-state index < -0.39 is 12.2 Å². The van der Waals surface area contributed by atoms with Crippen LogP contribution < -0.4 is 21.3 Å². The van der Waals surface area contributed by atoms with Gasteiger partial charge in [-0.1, -0.05) is 27.7 Å². The van der Waals surface area contributed by atoms with Gasteiger partial charge in [0.05, 0.1) is 0 Å². The van der Waals surface area contributed by atoms with Crippen molar-refractivity contribution in [2.24, 2.45) is 10.8 Å². The lowest BCUT2D eigenvalue weighted by atomic mass is 9.93. The van der Waals surface area contributed by atoms with Gasteiger partial charge in [-0.05, 0) is 36.8 Å². The molecular weight excluding hydrogens is 312 g/mol. The van der Waals surface area contributed by atoms with Crippen molar-refractivity contribution in [3.8, 4) is 0 Å². The van der Waals surface area contributed by atoms with E-state index in [4.69, 9.17) is 10.2 Å². The van der Waals surface area contributed by atoms with Crippen molar-refractivity contribution >= 4 is 12.2 Å². The second-order valence-corrected chi connectivity index (χ2v) is 7.71. The van der Waals surface area contributed by atoms with Crippen LogP contribution >= 0.6 is 0 Å². The molecule has 0 unspecified atom stereocenters. The number of rotatable bonds is 13. The van der Waals surface area contributed by atoms with Crippen LogP contribution in [-0.4, -0.2) is 61.7 Å². The zero-order valence-electron chi connectivity index (χ0n) is 15.4. The molecule has 0 rings (SSSR count). The summed E-state index contributed by atoms with van der Waals surface area (Å²) >= 11 is 0. The van der Waals surface area contributed by atoms with Gasteiger partial charge >= 0.3 is 12.2 Å². The molecule has 0 spiro atoms. The predicted molar refractivity (Wildman–Crippen MR) is 94.6 cm³/mol. The molecule has 0 aliphatic heterocycles. The molecule has 2 amide bonds. The third kappa shape index (κ3) is 14.1. The van der Waals surface area contributed by atoms with Crippen LogP contribution in [0, 0.1) is 10.8 Å². The topological polar surface area (TPSA) is 123 Å². The van der Waals surface area contributed by atoms with Crippen LogP contribution in [0.25, 0.3) is 0 Å². The molecule has 0 aliphatic rings. The summed E-state index contributed by atoms with van der Waals surface area (Å²) < 4.78 is 0. The molecule has 0 heterocycles. The Kier molecular flexibility index (Phi) is 10.4. The van der Waals surface area contributed by atoms with Gasteiger partial charge in [-0.15, -0.1) is 0 Å². The van der Waals surface area contributed by atoms with Gasteiger partial charge in [0.15, 0.2) is 0 Å². The highest BCUT2D eigenvalue weighted by Crippen LogP contribution is 2.12. The van der Waals surface area contributed by atoms with Gasteiger partial charge in [0.1, 0.15) is 0 Å². The fraction of sp³-hybridized carbons (Fsp3) is 0.875. The minimum atomic E-state index is -0.990. The molecule has 142 valence electrons. The minimum Gasteiger partial charge on any atom is -0.465 e. The Morgan fingerprint density at radius 2 is 1.04 bits per heavy atom. The lowest BCUT2D eigenvalue weighted by Gasteiger charge is -2.25. The van der Waals surface area contributed by atoms with Crippen molar-refractivity contribution in [2.45, 2.75) is 40.5 Å². The Morgan fingerprint density at radius 1 is 0.708 bits per heavy atom. The fourth-order valence-electron chi connectivity index (χ4n) is 2.11. The van der Waals surface area contributed by atoms with Crippen LogP contribution in [0.4, 0.5) is 9.59 Å². The van der Waals surface area contributed by atoms with E-state index in [1.807, 2.05) is 27.7 Å². The van der Waals surface area contributed by atoms with Crippen LogP contribution in [0.5, 0.6) is 0 Å². The second-order valence-electron chi connectivity index (χ2n) is 7.71. The first kappa shape index (κ1) is 22.5.